The number of nitrogens with zero attached hydrogens (tertiary/aromatic N) is 3. The highest BCUT2D eigenvalue weighted by Gasteiger charge is 2.21. The normalized spacial score (nSPS) is 13.1. The summed E-state index contributed by atoms with van der Waals surface area (Å²) in [5.41, 5.74) is 2.81. The van der Waals surface area contributed by atoms with Crippen LogP contribution in [-0.2, 0) is 11.3 Å². The van der Waals surface area contributed by atoms with Crippen LogP contribution in [0.5, 0.6) is 11.5 Å². The van der Waals surface area contributed by atoms with Crippen molar-refractivity contribution in [2.45, 2.75) is 30.8 Å². The number of allylic oxidation sites excluding steroid dienone is 1. The van der Waals surface area contributed by atoms with E-state index in [-0.39, 0.29) is 18.0 Å². The van der Waals surface area contributed by atoms with Gasteiger partial charge in [-0.3, -0.25) is 9.36 Å². The van der Waals surface area contributed by atoms with Crippen molar-refractivity contribution in [3.63, 3.8) is 0 Å². The molecule has 2 aromatic carbocycles. The van der Waals surface area contributed by atoms with Crippen LogP contribution in [0.4, 0.5) is 5.69 Å². The van der Waals surface area contributed by atoms with Gasteiger partial charge in [0.1, 0.15) is 0 Å². The van der Waals surface area contributed by atoms with Crippen LogP contribution in [0.2, 0.25) is 0 Å². The second kappa shape index (κ2) is 8.62. The Bertz CT molecular complexity index is 1080. The summed E-state index contributed by atoms with van der Waals surface area (Å²) in [6.45, 7) is 8.46. The molecule has 154 valence electrons. The lowest BCUT2D eigenvalue weighted by Crippen LogP contribution is -2.23. The topological polar surface area (TPSA) is 78.3 Å². The summed E-state index contributed by atoms with van der Waals surface area (Å²) in [5.74, 6) is 1.92. The molecule has 0 unspecified atom stereocenters. The SMILES string of the molecule is C=CCn1c(S[C@H](C)C(=O)Nc2ccc3c(c2)OCO3)nnc1-c1ccc(C)cc1. The van der Waals surface area contributed by atoms with Crippen molar-refractivity contribution in [1.29, 1.82) is 0 Å². The lowest BCUT2D eigenvalue weighted by atomic mass is 10.1. The molecule has 0 fully saturated rings. The molecule has 0 radical (unpaired) electrons. The van der Waals surface area contributed by atoms with Gasteiger partial charge in [-0.15, -0.1) is 16.8 Å². The van der Waals surface area contributed by atoms with E-state index in [1.807, 2.05) is 42.7 Å². The highest BCUT2D eigenvalue weighted by Crippen LogP contribution is 2.34. The maximum absolute atomic E-state index is 12.7. The Morgan fingerprint density at radius 3 is 2.77 bits per heavy atom. The van der Waals surface area contributed by atoms with Crippen molar-refractivity contribution in [3.8, 4) is 22.9 Å². The van der Waals surface area contributed by atoms with Gasteiger partial charge in [0.2, 0.25) is 12.7 Å². The van der Waals surface area contributed by atoms with E-state index in [0.29, 0.717) is 28.9 Å². The van der Waals surface area contributed by atoms with Gasteiger partial charge in [0, 0.05) is 23.9 Å². The lowest BCUT2D eigenvalue weighted by Gasteiger charge is -2.13. The van der Waals surface area contributed by atoms with Crippen LogP contribution in [-0.4, -0.2) is 32.7 Å². The molecule has 1 aliphatic rings. The zero-order chi connectivity index (χ0) is 21.1. The molecule has 0 saturated carbocycles. The number of aromatic nitrogens is 3. The van der Waals surface area contributed by atoms with Crippen LogP contribution in [0.3, 0.4) is 0 Å². The molecule has 1 N–H and O–H groups in total. The van der Waals surface area contributed by atoms with Gasteiger partial charge in [-0.2, -0.15) is 0 Å². The molecular weight excluding hydrogens is 400 g/mol. The Hall–Kier alpha value is -3.26. The van der Waals surface area contributed by atoms with Gasteiger partial charge in [-0.1, -0.05) is 47.7 Å². The Kier molecular flexibility index (Phi) is 5.76. The molecule has 0 saturated heterocycles. The third-order valence-corrected chi connectivity index (χ3v) is 5.71. The summed E-state index contributed by atoms with van der Waals surface area (Å²) in [6, 6.07) is 13.4. The fraction of sp³-hybridized carbons (Fsp3) is 0.227. The molecule has 1 aliphatic heterocycles. The zero-order valence-corrected chi connectivity index (χ0v) is 17.6. The van der Waals surface area contributed by atoms with E-state index in [0.717, 1.165) is 11.4 Å². The molecular formula is C22H22N4O3S. The second-order valence-electron chi connectivity index (χ2n) is 6.89. The maximum atomic E-state index is 12.7. The summed E-state index contributed by atoms with van der Waals surface area (Å²) in [6.07, 6.45) is 1.79. The van der Waals surface area contributed by atoms with Crippen molar-refractivity contribution in [2.75, 3.05) is 12.1 Å². The molecule has 0 aliphatic carbocycles. The highest BCUT2D eigenvalue weighted by molar-refractivity contribution is 8.00. The number of hydrogen-bond donors (Lipinski definition) is 1. The first-order chi connectivity index (χ1) is 14.5. The van der Waals surface area contributed by atoms with Gasteiger partial charge in [0.25, 0.3) is 0 Å². The molecule has 0 bridgehead atoms. The maximum Gasteiger partial charge on any atom is 0.237 e. The van der Waals surface area contributed by atoms with Crippen molar-refractivity contribution >= 4 is 23.4 Å². The van der Waals surface area contributed by atoms with E-state index >= 15 is 0 Å². The Morgan fingerprint density at radius 1 is 1.23 bits per heavy atom. The van der Waals surface area contributed by atoms with Crippen LogP contribution in [0.1, 0.15) is 12.5 Å². The molecule has 0 spiro atoms. The molecule has 7 nitrogen and oxygen atoms in total. The quantitative estimate of drug-likeness (QED) is 0.452. The number of hydrogen-bond acceptors (Lipinski definition) is 6. The molecule has 30 heavy (non-hydrogen) atoms. The number of carbonyl (C=O) groups excluding carboxylic acids is 1. The highest BCUT2D eigenvalue weighted by atomic mass is 32.2. The van der Waals surface area contributed by atoms with Gasteiger partial charge in [-0.05, 0) is 26.0 Å². The van der Waals surface area contributed by atoms with Crippen molar-refractivity contribution < 1.29 is 14.3 Å². The van der Waals surface area contributed by atoms with Gasteiger partial charge >= 0.3 is 0 Å². The standard InChI is InChI=1S/C22H22N4O3S/c1-4-11-26-20(16-7-5-14(2)6-8-16)24-25-22(26)30-15(3)21(27)23-17-9-10-18-19(12-17)29-13-28-18/h4-10,12,15H,1,11,13H2,2-3H3,(H,23,27)/t15-/m1/s1. The number of amides is 1. The monoisotopic (exact) mass is 422 g/mol. The second-order valence-corrected chi connectivity index (χ2v) is 8.20. The molecule has 2 heterocycles. The average molecular weight is 423 g/mol. The Labute approximate surface area is 179 Å². The van der Waals surface area contributed by atoms with Crippen molar-refractivity contribution in [3.05, 3.63) is 60.7 Å². The summed E-state index contributed by atoms with van der Waals surface area (Å²) in [4.78, 5) is 12.7. The summed E-state index contributed by atoms with van der Waals surface area (Å²) < 4.78 is 12.6. The van der Waals surface area contributed by atoms with Crippen LogP contribution in [0.15, 0.2) is 60.3 Å². The minimum absolute atomic E-state index is 0.135. The van der Waals surface area contributed by atoms with E-state index in [4.69, 9.17) is 9.47 Å². The van der Waals surface area contributed by atoms with Gasteiger partial charge in [0.15, 0.2) is 22.5 Å². The average Bonchev–Trinajstić information content (AvgIpc) is 3.36. The fourth-order valence-corrected chi connectivity index (χ4v) is 3.87. The number of anilines is 1. The number of thioether (sulfide) groups is 1. The summed E-state index contributed by atoms with van der Waals surface area (Å²) in [5, 5.41) is 11.9. The number of aryl methyl sites for hydroxylation is 1. The first-order valence-corrected chi connectivity index (χ1v) is 10.4. The largest absolute Gasteiger partial charge is 0.454 e. The predicted molar refractivity (Wildman–Crippen MR) is 117 cm³/mol. The van der Waals surface area contributed by atoms with Crippen molar-refractivity contribution in [1.82, 2.24) is 14.8 Å². The van der Waals surface area contributed by atoms with E-state index in [2.05, 4.69) is 22.1 Å². The number of ether oxygens (including phenoxy) is 2. The summed E-state index contributed by atoms with van der Waals surface area (Å²) in [7, 11) is 0. The molecule has 3 aromatic rings. The van der Waals surface area contributed by atoms with Gasteiger partial charge in [0.05, 0.1) is 5.25 Å². The van der Waals surface area contributed by atoms with Crippen LogP contribution in [0, 0.1) is 6.92 Å². The van der Waals surface area contributed by atoms with E-state index in [1.54, 1.807) is 24.3 Å². The van der Waals surface area contributed by atoms with Gasteiger partial charge < -0.3 is 14.8 Å². The summed E-state index contributed by atoms with van der Waals surface area (Å²) >= 11 is 1.36. The van der Waals surface area contributed by atoms with Crippen LogP contribution in [0.25, 0.3) is 11.4 Å². The van der Waals surface area contributed by atoms with E-state index < -0.39 is 0 Å². The van der Waals surface area contributed by atoms with E-state index in [9.17, 15) is 4.79 Å². The number of benzene rings is 2. The first-order valence-electron chi connectivity index (χ1n) is 9.53. The molecule has 1 atom stereocenters. The molecule has 8 heteroatoms. The third kappa shape index (κ3) is 4.18. The minimum Gasteiger partial charge on any atom is -0.454 e. The van der Waals surface area contributed by atoms with Crippen LogP contribution < -0.4 is 14.8 Å². The molecule has 1 aromatic heterocycles. The predicted octanol–water partition coefficient (Wildman–Crippen LogP) is 4.29. The fourth-order valence-electron chi connectivity index (χ4n) is 3.02. The van der Waals surface area contributed by atoms with Crippen LogP contribution >= 0.6 is 11.8 Å². The number of rotatable bonds is 7. The lowest BCUT2D eigenvalue weighted by molar-refractivity contribution is -0.115. The first kappa shape index (κ1) is 20.0. The third-order valence-electron chi connectivity index (χ3n) is 4.63. The Morgan fingerprint density at radius 2 is 2.00 bits per heavy atom. The Balaban J connectivity index is 1.49. The minimum atomic E-state index is -0.381. The number of fused-ring (bicyclic) bond motifs is 1. The molecule has 1 amide bonds. The zero-order valence-electron chi connectivity index (χ0n) is 16.8. The number of carbonyl (C=O) groups is 1. The molecule has 4 rings (SSSR count). The number of nitrogens with one attached hydrogen (secondary N) is 1. The van der Waals surface area contributed by atoms with Crippen molar-refractivity contribution in [2.24, 2.45) is 0 Å². The van der Waals surface area contributed by atoms with E-state index in [1.165, 1.54) is 17.3 Å². The van der Waals surface area contributed by atoms with Gasteiger partial charge in [-0.25, -0.2) is 0 Å². The smallest absolute Gasteiger partial charge is 0.237 e.